The molecule has 4 rings (SSSR count). The van der Waals surface area contributed by atoms with Crippen LogP contribution in [0.5, 0.6) is 5.75 Å². The molecule has 1 aliphatic heterocycles. The summed E-state index contributed by atoms with van der Waals surface area (Å²) in [7, 11) is 0. The summed E-state index contributed by atoms with van der Waals surface area (Å²) in [4.78, 5) is 41.1. The molecular weight excluding hydrogens is 536 g/mol. The van der Waals surface area contributed by atoms with Crippen LogP contribution in [0.3, 0.4) is 0 Å². The van der Waals surface area contributed by atoms with Gasteiger partial charge in [-0.1, -0.05) is 11.6 Å². The number of benzene rings is 2. The van der Waals surface area contributed by atoms with E-state index < -0.39 is 41.2 Å². The standard InChI is InChI=1S/C27H26ClF2N3O6/c1-15-8-22(39-13-16-4-5-17(29)9-19(16)30)25(28)26(37)33(15)18-6-7-20-21(10-18)32(14-31(20)24(36)12-34)23(35)11-27(2,3)38/h4-10,34,38H,11-14H2,1-3H3. The number of halogens is 3. The van der Waals surface area contributed by atoms with Gasteiger partial charge >= 0.3 is 0 Å². The van der Waals surface area contributed by atoms with Gasteiger partial charge in [0, 0.05) is 23.4 Å². The largest absolute Gasteiger partial charge is 0.487 e. The highest BCUT2D eigenvalue weighted by Gasteiger charge is 2.35. The van der Waals surface area contributed by atoms with Crippen molar-refractivity contribution in [2.45, 2.75) is 39.4 Å². The quantitative estimate of drug-likeness (QED) is 0.457. The molecule has 0 fully saturated rings. The van der Waals surface area contributed by atoms with Crippen LogP contribution in [-0.2, 0) is 16.2 Å². The molecule has 0 saturated heterocycles. The Hall–Kier alpha value is -3.80. The van der Waals surface area contributed by atoms with Gasteiger partial charge in [-0.25, -0.2) is 8.78 Å². The molecule has 39 heavy (non-hydrogen) atoms. The molecule has 12 heteroatoms. The van der Waals surface area contributed by atoms with Gasteiger partial charge in [0.15, 0.2) is 0 Å². The van der Waals surface area contributed by atoms with Gasteiger partial charge < -0.3 is 14.9 Å². The van der Waals surface area contributed by atoms with Crippen molar-refractivity contribution in [1.82, 2.24) is 4.57 Å². The number of carbonyl (C=O) groups is 2. The minimum absolute atomic E-state index is 0.00185. The molecule has 0 atom stereocenters. The van der Waals surface area contributed by atoms with Crippen molar-refractivity contribution in [2.75, 3.05) is 23.1 Å². The van der Waals surface area contributed by atoms with Gasteiger partial charge in [0.05, 0.1) is 29.1 Å². The molecule has 9 nitrogen and oxygen atoms in total. The number of anilines is 2. The summed E-state index contributed by atoms with van der Waals surface area (Å²) in [5, 5.41) is 19.3. The van der Waals surface area contributed by atoms with Gasteiger partial charge in [0.1, 0.15) is 42.3 Å². The third-order valence-electron chi connectivity index (χ3n) is 6.10. The number of hydrogen-bond acceptors (Lipinski definition) is 6. The third-order valence-corrected chi connectivity index (χ3v) is 6.45. The molecule has 1 aliphatic rings. The maximum absolute atomic E-state index is 14.0. The van der Waals surface area contributed by atoms with Gasteiger partial charge in [-0.05, 0) is 51.1 Å². The molecule has 206 valence electrons. The van der Waals surface area contributed by atoms with Gasteiger partial charge in [-0.15, -0.1) is 0 Å². The fraction of sp³-hybridized carbons (Fsp3) is 0.296. The maximum Gasteiger partial charge on any atom is 0.277 e. The number of rotatable bonds is 7. The molecular formula is C27H26ClF2N3O6. The van der Waals surface area contributed by atoms with Crippen molar-refractivity contribution < 1.29 is 33.3 Å². The lowest BCUT2D eigenvalue weighted by Gasteiger charge is -2.23. The Morgan fingerprint density at radius 1 is 1.05 bits per heavy atom. The summed E-state index contributed by atoms with van der Waals surface area (Å²) in [5.41, 5.74) is -0.509. The first-order valence-corrected chi connectivity index (χ1v) is 12.3. The topological polar surface area (TPSA) is 112 Å². The number of aryl methyl sites for hydroxylation is 1. The Morgan fingerprint density at radius 2 is 1.74 bits per heavy atom. The van der Waals surface area contributed by atoms with Crippen molar-refractivity contribution in [2.24, 2.45) is 0 Å². The van der Waals surface area contributed by atoms with Crippen LogP contribution in [0.4, 0.5) is 20.2 Å². The van der Waals surface area contributed by atoms with E-state index in [2.05, 4.69) is 0 Å². The normalized spacial score (nSPS) is 13.0. The molecule has 0 radical (unpaired) electrons. The van der Waals surface area contributed by atoms with Crippen molar-refractivity contribution in [3.8, 4) is 11.4 Å². The van der Waals surface area contributed by atoms with E-state index in [1.54, 1.807) is 13.0 Å². The van der Waals surface area contributed by atoms with E-state index in [-0.39, 0.29) is 36.0 Å². The number of hydrogen-bond donors (Lipinski definition) is 2. The summed E-state index contributed by atoms with van der Waals surface area (Å²) in [5.74, 6) is -2.62. The zero-order valence-electron chi connectivity index (χ0n) is 21.4. The predicted molar refractivity (Wildman–Crippen MR) is 140 cm³/mol. The van der Waals surface area contributed by atoms with E-state index in [4.69, 9.17) is 16.3 Å². The molecule has 1 aromatic heterocycles. The second-order valence-corrected chi connectivity index (χ2v) is 10.1. The molecule has 0 aliphatic carbocycles. The Balaban J connectivity index is 1.71. The Labute approximate surface area is 227 Å². The maximum atomic E-state index is 14.0. The lowest BCUT2D eigenvalue weighted by Crippen LogP contribution is -2.41. The number of aliphatic hydroxyl groups excluding tert-OH is 1. The second-order valence-electron chi connectivity index (χ2n) is 9.73. The van der Waals surface area contributed by atoms with Crippen LogP contribution in [0.2, 0.25) is 5.02 Å². The van der Waals surface area contributed by atoms with Crippen molar-refractivity contribution in [3.05, 3.63) is 80.7 Å². The van der Waals surface area contributed by atoms with Crippen LogP contribution < -0.4 is 20.1 Å². The number of aromatic nitrogens is 1. The third kappa shape index (κ3) is 5.80. The molecule has 0 saturated carbocycles. The Kier molecular flexibility index (Phi) is 7.78. The summed E-state index contributed by atoms with van der Waals surface area (Å²) < 4.78 is 34.0. The predicted octanol–water partition coefficient (Wildman–Crippen LogP) is 3.45. The number of aliphatic hydroxyl groups is 2. The zero-order chi connectivity index (χ0) is 28.6. The minimum Gasteiger partial charge on any atom is -0.487 e. The van der Waals surface area contributed by atoms with Crippen molar-refractivity contribution >= 4 is 34.8 Å². The van der Waals surface area contributed by atoms with Crippen LogP contribution >= 0.6 is 11.6 Å². The molecule has 2 amide bonds. The van der Waals surface area contributed by atoms with Crippen LogP contribution in [0, 0.1) is 18.6 Å². The van der Waals surface area contributed by atoms with E-state index in [0.29, 0.717) is 22.8 Å². The first-order chi connectivity index (χ1) is 18.3. The van der Waals surface area contributed by atoms with E-state index >= 15 is 0 Å². The number of fused-ring (bicyclic) bond motifs is 1. The Bertz CT molecular complexity index is 1520. The van der Waals surface area contributed by atoms with Crippen molar-refractivity contribution in [1.29, 1.82) is 0 Å². The Morgan fingerprint density at radius 3 is 2.38 bits per heavy atom. The number of pyridine rings is 1. The SMILES string of the molecule is Cc1cc(OCc2ccc(F)cc2F)c(Cl)c(=O)n1-c1ccc2c(c1)N(C(=O)CC(C)(C)O)CN2C(=O)CO. The first-order valence-electron chi connectivity index (χ1n) is 11.9. The van der Waals surface area contributed by atoms with Crippen LogP contribution in [-0.4, -0.2) is 45.5 Å². The van der Waals surface area contributed by atoms with Gasteiger partial charge in [0.2, 0.25) is 5.91 Å². The fourth-order valence-electron chi connectivity index (χ4n) is 4.27. The lowest BCUT2D eigenvalue weighted by molar-refractivity contribution is -0.122. The van der Waals surface area contributed by atoms with Gasteiger partial charge in [-0.2, -0.15) is 0 Å². The highest BCUT2D eigenvalue weighted by atomic mass is 35.5. The zero-order valence-corrected chi connectivity index (χ0v) is 22.1. The molecule has 0 spiro atoms. The van der Waals surface area contributed by atoms with Crippen LogP contribution in [0.15, 0.2) is 47.3 Å². The number of nitrogens with zero attached hydrogens (tertiary/aromatic N) is 3. The molecule has 3 aromatic rings. The first kappa shape index (κ1) is 28.2. The minimum atomic E-state index is -1.31. The smallest absolute Gasteiger partial charge is 0.277 e. The summed E-state index contributed by atoms with van der Waals surface area (Å²) >= 11 is 6.32. The van der Waals surface area contributed by atoms with E-state index in [1.165, 1.54) is 52.5 Å². The van der Waals surface area contributed by atoms with Crippen LogP contribution in [0.25, 0.3) is 5.69 Å². The average Bonchev–Trinajstić information content (AvgIpc) is 3.24. The number of carbonyl (C=O) groups excluding carboxylic acids is 2. The average molecular weight is 562 g/mol. The van der Waals surface area contributed by atoms with E-state index in [0.717, 1.165) is 12.1 Å². The summed E-state index contributed by atoms with van der Waals surface area (Å²) in [6.45, 7) is 3.35. The second kappa shape index (κ2) is 10.8. The lowest BCUT2D eigenvalue weighted by atomic mass is 10.0. The number of amides is 2. The van der Waals surface area contributed by atoms with Crippen LogP contribution in [0.1, 0.15) is 31.5 Å². The van der Waals surface area contributed by atoms with E-state index in [9.17, 15) is 33.4 Å². The highest BCUT2D eigenvalue weighted by Crippen LogP contribution is 2.39. The molecule has 2 N–H and O–H groups in total. The monoisotopic (exact) mass is 561 g/mol. The summed E-state index contributed by atoms with van der Waals surface area (Å²) in [6, 6.07) is 9.15. The van der Waals surface area contributed by atoms with Crippen molar-refractivity contribution in [3.63, 3.8) is 0 Å². The molecule has 2 aromatic carbocycles. The fourth-order valence-corrected chi connectivity index (χ4v) is 4.46. The van der Waals surface area contributed by atoms with E-state index in [1.807, 2.05) is 0 Å². The molecule has 0 bridgehead atoms. The summed E-state index contributed by atoms with van der Waals surface area (Å²) in [6.07, 6.45) is -0.233. The highest BCUT2D eigenvalue weighted by molar-refractivity contribution is 6.31. The molecule has 2 heterocycles. The number of ether oxygens (including phenoxy) is 1. The van der Waals surface area contributed by atoms with Gasteiger partial charge in [0.25, 0.3) is 11.5 Å². The van der Waals surface area contributed by atoms with Gasteiger partial charge in [-0.3, -0.25) is 28.8 Å². The molecule has 0 unspecified atom stereocenters.